The van der Waals surface area contributed by atoms with Gasteiger partial charge in [-0.1, -0.05) is 42.5 Å². The van der Waals surface area contributed by atoms with Crippen molar-refractivity contribution in [2.75, 3.05) is 6.61 Å². The van der Waals surface area contributed by atoms with Crippen LogP contribution in [-0.2, 0) is 12.1 Å². The lowest BCUT2D eigenvalue weighted by atomic mass is 9.92. The number of hydrogen-bond donors (Lipinski definition) is 3. The SMILES string of the molecule is Cc1cc(CNC(C)(CO)c2ccccc2)cc(C)c1O. The molecule has 0 amide bonds. The number of aliphatic hydroxyl groups excluding tert-OH is 1. The van der Waals surface area contributed by atoms with Crippen LogP contribution in [0.5, 0.6) is 5.75 Å². The zero-order chi connectivity index (χ0) is 15.5. The Labute approximate surface area is 126 Å². The molecule has 2 aromatic rings. The number of nitrogens with one attached hydrogen (secondary N) is 1. The van der Waals surface area contributed by atoms with Crippen molar-refractivity contribution in [3.8, 4) is 5.75 Å². The molecule has 0 heterocycles. The highest BCUT2D eigenvalue weighted by Crippen LogP contribution is 2.24. The van der Waals surface area contributed by atoms with E-state index in [0.717, 1.165) is 22.3 Å². The summed E-state index contributed by atoms with van der Waals surface area (Å²) in [5.41, 5.74) is 3.41. The molecule has 0 fully saturated rings. The van der Waals surface area contributed by atoms with Crippen LogP contribution in [0.25, 0.3) is 0 Å². The lowest BCUT2D eigenvalue weighted by molar-refractivity contribution is 0.173. The topological polar surface area (TPSA) is 52.5 Å². The third-order valence-electron chi connectivity index (χ3n) is 3.96. The summed E-state index contributed by atoms with van der Waals surface area (Å²) < 4.78 is 0. The summed E-state index contributed by atoms with van der Waals surface area (Å²) in [6.07, 6.45) is 0. The van der Waals surface area contributed by atoms with Gasteiger partial charge in [-0.15, -0.1) is 0 Å². The minimum atomic E-state index is -0.485. The molecule has 0 aromatic heterocycles. The fourth-order valence-corrected chi connectivity index (χ4v) is 2.50. The number of aromatic hydroxyl groups is 1. The Bertz CT molecular complexity index is 587. The van der Waals surface area contributed by atoms with E-state index >= 15 is 0 Å². The molecule has 0 aliphatic rings. The van der Waals surface area contributed by atoms with E-state index in [1.807, 2.05) is 63.2 Å². The maximum absolute atomic E-state index is 9.82. The van der Waals surface area contributed by atoms with E-state index in [2.05, 4.69) is 5.32 Å². The fourth-order valence-electron chi connectivity index (χ4n) is 2.50. The average molecular weight is 285 g/mol. The number of benzene rings is 2. The van der Waals surface area contributed by atoms with Gasteiger partial charge in [-0.2, -0.15) is 0 Å². The van der Waals surface area contributed by atoms with Crippen molar-refractivity contribution < 1.29 is 10.2 Å². The van der Waals surface area contributed by atoms with E-state index in [0.29, 0.717) is 12.3 Å². The van der Waals surface area contributed by atoms with Crippen molar-refractivity contribution in [2.45, 2.75) is 32.9 Å². The van der Waals surface area contributed by atoms with E-state index in [1.54, 1.807) is 0 Å². The first-order valence-corrected chi connectivity index (χ1v) is 7.17. The number of phenols is 1. The molecule has 0 spiro atoms. The second-order valence-electron chi connectivity index (χ2n) is 5.79. The van der Waals surface area contributed by atoms with Crippen LogP contribution in [0, 0.1) is 13.8 Å². The van der Waals surface area contributed by atoms with Crippen molar-refractivity contribution in [3.63, 3.8) is 0 Å². The predicted molar refractivity (Wildman–Crippen MR) is 85.3 cm³/mol. The summed E-state index contributed by atoms with van der Waals surface area (Å²) in [5.74, 6) is 0.353. The normalized spacial score (nSPS) is 13.9. The van der Waals surface area contributed by atoms with Crippen LogP contribution >= 0.6 is 0 Å². The third kappa shape index (κ3) is 3.43. The van der Waals surface area contributed by atoms with E-state index in [-0.39, 0.29) is 6.61 Å². The number of aryl methyl sites for hydroxylation is 2. The summed E-state index contributed by atoms with van der Waals surface area (Å²) in [4.78, 5) is 0. The van der Waals surface area contributed by atoms with Gasteiger partial charge in [0, 0.05) is 6.54 Å². The summed E-state index contributed by atoms with van der Waals surface area (Å²) in [6.45, 7) is 6.44. The minimum Gasteiger partial charge on any atom is -0.507 e. The molecule has 112 valence electrons. The maximum Gasteiger partial charge on any atom is 0.121 e. The molecule has 2 aromatic carbocycles. The monoisotopic (exact) mass is 285 g/mol. The van der Waals surface area contributed by atoms with Gasteiger partial charge in [-0.25, -0.2) is 0 Å². The first-order valence-electron chi connectivity index (χ1n) is 7.17. The van der Waals surface area contributed by atoms with Crippen molar-refractivity contribution in [3.05, 3.63) is 64.7 Å². The molecular weight excluding hydrogens is 262 g/mol. The predicted octanol–water partition coefficient (Wildman–Crippen LogP) is 3.01. The van der Waals surface area contributed by atoms with Gasteiger partial charge in [-0.3, -0.25) is 0 Å². The highest BCUT2D eigenvalue weighted by molar-refractivity contribution is 5.42. The zero-order valence-corrected chi connectivity index (χ0v) is 12.9. The summed E-state index contributed by atoms with van der Waals surface area (Å²) in [6, 6.07) is 13.9. The lowest BCUT2D eigenvalue weighted by Crippen LogP contribution is -2.42. The first-order chi connectivity index (χ1) is 9.96. The quantitative estimate of drug-likeness (QED) is 0.791. The van der Waals surface area contributed by atoms with E-state index in [4.69, 9.17) is 0 Å². The van der Waals surface area contributed by atoms with Gasteiger partial charge in [0.25, 0.3) is 0 Å². The molecule has 1 unspecified atom stereocenters. The number of rotatable bonds is 5. The number of aliphatic hydroxyl groups is 1. The standard InChI is InChI=1S/C18H23NO2/c1-13-9-15(10-14(2)17(13)21)11-19-18(3,12-20)16-7-5-4-6-8-16/h4-10,19-21H,11-12H2,1-3H3. The maximum atomic E-state index is 9.82. The van der Waals surface area contributed by atoms with Gasteiger partial charge in [-0.05, 0) is 43.0 Å². The zero-order valence-electron chi connectivity index (χ0n) is 12.9. The Hall–Kier alpha value is -1.84. The third-order valence-corrected chi connectivity index (χ3v) is 3.96. The van der Waals surface area contributed by atoms with Crippen LogP contribution in [0.15, 0.2) is 42.5 Å². The second kappa shape index (κ2) is 6.29. The smallest absolute Gasteiger partial charge is 0.121 e. The largest absolute Gasteiger partial charge is 0.507 e. The Morgan fingerprint density at radius 1 is 1.05 bits per heavy atom. The molecule has 0 aliphatic heterocycles. The summed E-state index contributed by atoms with van der Waals surface area (Å²) in [7, 11) is 0. The van der Waals surface area contributed by atoms with Crippen molar-refractivity contribution in [1.82, 2.24) is 5.32 Å². The van der Waals surface area contributed by atoms with Crippen LogP contribution in [-0.4, -0.2) is 16.8 Å². The molecular formula is C18H23NO2. The van der Waals surface area contributed by atoms with Crippen molar-refractivity contribution >= 4 is 0 Å². The average Bonchev–Trinajstić information content (AvgIpc) is 2.51. The molecule has 21 heavy (non-hydrogen) atoms. The first kappa shape index (κ1) is 15.5. The molecule has 2 rings (SSSR count). The minimum absolute atomic E-state index is 0.0209. The van der Waals surface area contributed by atoms with E-state index < -0.39 is 5.54 Å². The highest BCUT2D eigenvalue weighted by Gasteiger charge is 2.24. The van der Waals surface area contributed by atoms with Crippen LogP contribution in [0.3, 0.4) is 0 Å². The highest BCUT2D eigenvalue weighted by atomic mass is 16.3. The number of hydrogen-bond acceptors (Lipinski definition) is 3. The molecule has 0 radical (unpaired) electrons. The van der Waals surface area contributed by atoms with Gasteiger partial charge in [0.05, 0.1) is 12.1 Å². The Morgan fingerprint density at radius 2 is 1.62 bits per heavy atom. The van der Waals surface area contributed by atoms with Crippen LogP contribution in [0.4, 0.5) is 0 Å². The van der Waals surface area contributed by atoms with Gasteiger partial charge in [0.2, 0.25) is 0 Å². The molecule has 0 aliphatic carbocycles. The van der Waals surface area contributed by atoms with Gasteiger partial charge in [0.1, 0.15) is 5.75 Å². The van der Waals surface area contributed by atoms with Gasteiger partial charge >= 0.3 is 0 Å². The molecule has 3 heteroatoms. The Morgan fingerprint density at radius 3 is 2.14 bits per heavy atom. The van der Waals surface area contributed by atoms with Crippen LogP contribution in [0.1, 0.15) is 29.2 Å². The molecule has 0 bridgehead atoms. The van der Waals surface area contributed by atoms with Gasteiger partial charge in [0.15, 0.2) is 0 Å². The lowest BCUT2D eigenvalue weighted by Gasteiger charge is -2.29. The Balaban J connectivity index is 2.17. The van der Waals surface area contributed by atoms with E-state index in [1.165, 1.54) is 0 Å². The summed E-state index contributed by atoms with van der Waals surface area (Å²) in [5, 5.41) is 23.0. The van der Waals surface area contributed by atoms with Crippen LogP contribution in [0.2, 0.25) is 0 Å². The molecule has 3 N–H and O–H groups in total. The number of phenolic OH excluding ortho intramolecular Hbond substituents is 1. The molecule has 3 nitrogen and oxygen atoms in total. The molecule has 0 saturated heterocycles. The molecule has 1 atom stereocenters. The van der Waals surface area contributed by atoms with Crippen molar-refractivity contribution in [2.24, 2.45) is 0 Å². The Kier molecular flexibility index (Phi) is 4.66. The second-order valence-corrected chi connectivity index (χ2v) is 5.79. The van der Waals surface area contributed by atoms with Crippen molar-refractivity contribution in [1.29, 1.82) is 0 Å². The molecule has 0 saturated carbocycles. The summed E-state index contributed by atoms with van der Waals surface area (Å²) >= 11 is 0. The van der Waals surface area contributed by atoms with Gasteiger partial charge < -0.3 is 15.5 Å². The van der Waals surface area contributed by atoms with Crippen LogP contribution < -0.4 is 5.32 Å². The van der Waals surface area contributed by atoms with E-state index in [9.17, 15) is 10.2 Å². The fraction of sp³-hybridized carbons (Fsp3) is 0.333.